The zero-order chi connectivity index (χ0) is 11.1. The summed E-state index contributed by atoms with van der Waals surface area (Å²) in [6.45, 7) is 7.04. The predicted octanol–water partition coefficient (Wildman–Crippen LogP) is 1.26. The van der Waals surface area contributed by atoms with Gasteiger partial charge >= 0.3 is 5.97 Å². The maximum absolute atomic E-state index is 10.8. The molecule has 0 aliphatic carbocycles. The Hall–Kier alpha value is -1.06. The third-order valence-electron chi connectivity index (χ3n) is 1.46. The maximum atomic E-state index is 10.8. The Kier molecular flexibility index (Phi) is 7.18. The van der Waals surface area contributed by atoms with Gasteiger partial charge in [0.15, 0.2) is 0 Å². The lowest BCUT2D eigenvalue weighted by molar-refractivity contribution is -0.149. The van der Waals surface area contributed by atoms with Crippen LogP contribution in [0.15, 0.2) is 0 Å². The SMILES string of the molecule is CC.CNC(=O)CC(C)(C)C(=O)O. The van der Waals surface area contributed by atoms with Crippen molar-refractivity contribution in [1.82, 2.24) is 5.32 Å². The molecule has 0 rings (SSSR count). The second kappa shape index (κ2) is 6.46. The minimum Gasteiger partial charge on any atom is -0.481 e. The van der Waals surface area contributed by atoms with E-state index in [9.17, 15) is 9.59 Å². The van der Waals surface area contributed by atoms with Crippen molar-refractivity contribution in [3.63, 3.8) is 0 Å². The second-order valence-corrected chi connectivity index (χ2v) is 3.04. The molecule has 0 radical (unpaired) electrons. The van der Waals surface area contributed by atoms with Crippen LogP contribution in [0.1, 0.15) is 34.1 Å². The molecule has 0 aromatic rings. The van der Waals surface area contributed by atoms with E-state index in [1.165, 1.54) is 20.9 Å². The van der Waals surface area contributed by atoms with E-state index in [0.29, 0.717) is 0 Å². The van der Waals surface area contributed by atoms with Gasteiger partial charge in [0.2, 0.25) is 5.91 Å². The van der Waals surface area contributed by atoms with Crippen LogP contribution in [0.5, 0.6) is 0 Å². The summed E-state index contributed by atoms with van der Waals surface area (Å²) < 4.78 is 0. The average Bonchev–Trinajstić information content (AvgIpc) is 2.07. The number of aliphatic carboxylic acids is 1. The Labute approximate surface area is 79.3 Å². The van der Waals surface area contributed by atoms with Gasteiger partial charge in [-0.2, -0.15) is 0 Å². The van der Waals surface area contributed by atoms with Gasteiger partial charge in [-0.3, -0.25) is 9.59 Å². The highest BCUT2D eigenvalue weighted by Gasteiger charge is 2.29. The number of carboxylic acid groups (broad SMARTS) is 1. The topological polar surface area (TPSA) is 66.4 Å². The first-order valence-corrected chi connectivity index (χ1v) is 4.34. The average molecular weight is 189 g/mol. The van der Waals surface area contributed by atoms with E-state index < -0.39 is 11.4 Å². The molecule has 0 saturated carbocycles. The van der Waals surface area contributed by atoms with Crippen LogP contribution in [0.4, 0.5) is 0 Å². The summed E-state index contributed by atoms with van der Waals surface area (Å²) in [5.74, 6) is -1.21. The summed E-state index contributed by atoms with van der Waals surface area (Å²) in [6, 6.07) is 0. The molecular weight excluding hydrogens is 170 g/mol. The molecule has 0 atom stereocenters. The minimum atomic E-state index is -0.972. The van der Waals surface area contributed by atoms with Gasteiger partial charge in [0.1, 0.15) is 0 Å². The van der Waals surface area contributed by atoms with Crippen molar-refractivity contribution in [3.05, 3.63) is 0 Å². The van der Waals surface area contributed by atoms with Crippen molar-refractivity contribution in [2.24, 2.45) is 5.41 Å². The zero-order valence-corrected chi connectivity index (χ0v) is 8.97. The van der Waals surface area contributed by atoms with E-state index in [2.05, 4.69) is 5.32 Å². The normalized spacial score (nSPS) is 9.62. The Morgan fingerprint density at radius 1 is 1.31 bits per heavy atom. The smallest absolute Gasteiger partial charge is 0.309 e. The van der Waals surface area contributed by atoms with E-state index in [1.807, 2.05) is 13.8 Å². The quantitative estimate of drug-likeness (QED) is 0.702. The number of carbonyl (C=O) groups excluding carboxylic acids is 1. The van der Waals surface area contributed by atoms with Crippen molar-refractivity contribution in [3.8, 4) is 0 Å². The van der Waals surface area contributed by atoms with Crippen molar-refractivity contribution >= 4 is 11.9 Å². The number of amides is 1. The highest BCUT2D eigenvalue weighted by Crippen LogP contribution is 2.19. The van der Waals surface area contributed by atoms with Crippen LogP contribution >= 0.6 is 0 Å². The van der Waals surface area contributed by atoms with Crippen LogP contribution in [-0.4, -0.2) is 24.0 Å². The Balaban J connectivity index is 0. The van der Waals surface area contributed by atoms with Crippen LogP contribution in [-0.2, 0) is 9.59 Å². The van der Waals surface area contributed by atoms with Gasteiger partial charge in [-0.05, 0) is 13.8 Å². The summed E-state index contributed by atoms with van der Waals surface area (Å²) >= 11 is 0. The molecule has 0 aromatic carbocycles. The fourth-order valence-corrected chi connectivity index (χ4v) is 0.565. The van der Waals surface area contributed by atoms with Gasteiger partial charge < -0.3 is 10.4 Å². The van der Waals surface area contributed by atoms with Crippen molar-refractivity contribution in [1.29, 1.82) is 0 Å². The molecule has 1 amide bonds. The summed E-state index contributed by atoms with van der Waals surface area (Å²) in [7, 11) is 1.49. The zero-order valence-electron chi connectivity index (χ0n) is 8.97. The van der Waals surface area contributed by atoms with Gasteiger partial charge in [0.25, 0.3) is 0 Å². The highest BCUT2D eigenvalue weighted by atomic mass is 16.4. The first-order valence-electron chi connectivity index (χ1n) is 4.34. The molecule has 0 spiro atoms. The van der Waals surface area contributed by atoms with Crippen molar-refractivity contribution in [2.45, 2.75) is 34.1 Å². The molecule has 2 N–H and O–H groups in total. The number of carbonyl (C=O) groups is 2. The fraction of sp³-hybridized carbons (Fsp3) is 0.778. The molecule has 0 fully saturated rings. The summed E-state index contributed by atoms with van der Waals surface area (Å²) in [5.41, 5.74) is -0.972. The van der Waals surface area contributed by atoms with Gasteiger partial charge in [0.05, 0.1) is 5.41 Å². The first-order chi connectivity index (χ1) is 5.90. The van der Waals surface area contributed by atoms with E-state index in [1.54, 1.807) is 0 Å². The number of rotatable bonds is 3. The van der Waals surface area contributed by atoms with E-state index in [-0.39, 0.29) is 12.3 Å². The Morgan fingerprint density at radius 3 is 1.92 bits per heavy atom. The molecule has 0 bridgehead atoms. The van der Waals surface area contributed by atoms with Crippen LogP contribution in [0.3, 0.4) is 0 Å². The van der Waals surface area contributed by atoms with E-state index >= 15 is 0 Å². The lowest BCUT2D eigenvalue weighted by Crippen LogP contribution is -2.31. The largest absolute Gasteiger partial charge is 0.481 e. The maximum Gasteiger partial charge on any atom is 0.309 e. The van der Waals surface area contributed by atoms with Gasteiger partial charge in [-0.1, -0.05) is 13.8 Å². The van der Waals surface area contributed by atoms with Crippen LogP contribution in [0, 0.1) is 5.41 Å². The lowest BCUT2D eigenvalue weighted by atomic mass is 9.89. The summed E-state index contributed by atoms with van der Waals surface area (Å²) in [6.07, 6.45) is 0.0127. The van der Waals surface area contributed by atoms with Crippen molar-refractivity contribution < 1.29 is 14.7 Å². The monoisotopic (exact) mass is 189 g/mol. The van der Waals surface area contributed by atoms with Crippen molar-refractivity contribution in [2.75, 3.05) is 7.05 Å². The summed E-state index contributed by atoms with van der Waals surface area (Å²) in [4.78, 5) is 21.2. The molecule has 0 unspecified atom stereocenters. The molecule has 0 aliphatic heterocycles. The Bertz CT molecular complexity index is 176. The number of carboxylic acids is 1. The third-order valence-corrected chi connectivity index (χ3v) is 1.46. The molecule has 78 valence electrons. The van der Waals surface area contributed by atoms with Crippen LogP contribution in [0.2, 0.25) is 0 Å². The van der Waals surface area contributed by atoms with Gasteiger partial charge in [0, 0.05) is 13.5 Å². The van der Waals surface area contributed by atoms with E-state index in [4.69, 9.17) is 5.11 Å². The van der Waals surface area contributed by atoms with Gasteiger partial charge in [-0.15, -0.1) is 0 Å². The van der Waals surface area contributed by atoms with Gasteiger partial charge in [-0.25, -0.2) is 0 Å². The first kappa shape index (κ1) is 14.5. The second-order valence-electron chi connectivity index (χ2n) is 3.04. The predicted molar refractivity (Wildman–Crippen MR) is 51.4 cm³/mol. The molecule has 0 saturated heterocycles. The van der Waals surface area contributed by atoms with E-state index in [0.717, 1.165) is 0 Å². The molecule has 4 heteroatoms. The molecule has 0 aliphatic rings. The molecule has 0 aromatic heterocycles. The van der Waals surface area contributed by atoms with Crippen LogP contribution < -0.4 is 5.32 Å². The number of hydrogen-bond donors (Lipinski definition) is 2. The van der Waals surface area contributed by atoms with Crippen LogP contribution in [0.25, 0.3) is 0 Å². The molecular formula is C9H19NO3. The molecule has 4 nitrogen and oxygen atoms in total. The minimum absolute atomic E-state index is 0.0127. The number of hydrogen-bond acceptors (Lipinski definition) is 2. The summed E-state index contributed by atoms with van der Waals surface area (Å²) in [5, 5.41) is 11.0. The lowest BCUT2D eigenvalue weighted by Gasteiger charge is -2.16. The highest BCUT2D eigenvalue weighted by molar-refractivity contribution is 5.84. The Morgan fingerprint density at radius 2 is 1.69 bits per heavy atom. The fourth-order valence-electron chi connectivity index (χ4n) is 0.565. The third kappa shape index (κ3) is 6.13. The molecule has 13 heavy (non-hydrogen) atoms. The number of nitrogens with one attached hydrogen (secondary N) is 1. The molecule has 0 heterocycles. The standard InChI is InChI=1S/C7H13NO3.C2H6/c1-7(2,6(10)11)4-5(9)8-3;1-2/h4H2,1-3H3,(H,8,9)(H,10,11);1-2H3.